The van der Waals surface area contributed by atoms with Crippen LogP contribution in [0.25, 0.3) is 11.1 Å². The van der Waals surface area contributed by atoms with Crippen LogP contribution in [0.4, 0.5) is 5.69 Å². The molecule has 0 unspecified atom stereocenters. The zero-order valence-electron chi connectivity index (χ0n) is 15.0. The zero-order valence-corrected chi connectivity index (χ0v) is 15.0. The molecule has 0 saturated heterocycles. The van der Waals surface area contributed by atoms with E-state index in [1.807, 2.05) is 18.2 Å². The monoisotopic (exact) mass is 369 g/mol. The number of nitrogens with zero attached hydrogens (tertiary/aromatic N) is 1. The van der Waals surface area contributed by atoms with Gasteiger partial charge in [0, 0.05) is 5.69 Å². The van der Waals surface area contributed by atoms with Crippen molar-refractivity contribution in [1.29, 1.82) is 0 Å². The maximum Gasteiger partial charge on any atom is 0.355 e. The average molecular weight is 369 g/mol. The van der Waals surface area contributed by atoms with Crippen LogP contribution in [0.3, 0.4) is 0 Å². The number of ether oxygens (including phenoxy) is 3. The normalized spacial score (nSPS) is 14.1. The molecule has 7 heteroatoms. The van der Waals surface area contributed by atoms with Gasteiger partial charge in [0.05, 0.1) is 26.4 Å². The highest BCUT2D eigenvalue weighted by Crippen LogP contribution is 2.30. The molecule has 0 fully saturated rings. The number of phenols is 1. The SMILES string of the molecule is COC(=O)C1=C(C(=O)OC)N(c2cccc(-c3ccc(O)cc3)c2)COC1. The number of phenolic OH excluding ortho intramolecular Hbond substituents is 1. The number of aromatic hydroxyl groups is 1. The van der Waals surface area contributed by atoms with E-state index in [1.165, 1.54) is 14.2 Å². The molecule has 0 bridgehead atoms. The molecule has 1 N–H and O–H groups in total. The van der Waals surface area contributed by atoms with Crippen molar-refractivity contribution in [3.63, 3.8) is 0 Å². The van der Waals surface area contributed by atoms with Gasteiger partial charge >= 0.3 is 11.9 Å². The smallest absolute Gasteiger partial charge is 0.355 e. The Morgan fingerprint density at radius 1 is 1.00 bits per heavy atom. The second-order valence-corrected chi connectivity index (χ2v) is 5.81. The molecule has 1 aliphatic heterocycles. The van der Waals surface area contributed by atoms with Crippen LogP contribution >= 0.6 is 0 Å². The second-order valence-electron chi connectivity index (χ2n) is 5.81. The minimum atomic E-state index is -0.645. The first-order chi connectivity index (χ1) is 13.0. The standard InChI is InChI=1S/C20H19NO6/c1-25-19(23)17-11-27-12-21(18(17)20(24)26-2)15-5-3-4-14(10-15)13-6-8-16(22)9-7-13/h3-10,22H,11-12H2,1-2H3. The van der Waals surface area contributed by atoms with Crippen molar-refractivity contribution in [2.45, 2.75) is 0 Å². The first kappa shape index (κ1) is 18.5. The fourth-order valence-electron chi connectivity index (χ4n) is 2.85. The number of hydrogen-bond acceptors (Lipinski definition) is 7. The van der Waals surface area contributed by atoms with E-state index >= 15 is 0 Å². The van der Waals surface area contributed by atoms with E-state index < -0.39 is 11.9 Å². The number of carbonyl (C=O) groups excluding carboxylic acids is 2. The van der Waals surface area contributed by atoms with Gasteiger partial charge in [-0.25, -0.2) is 9.59 Å². The Balaban J connectivity index is 2.06. The number of benzene rings is 2. The minimum Gasteiger partial charge on any atom is -0.508 e. The summed E-state index contributed by atoms with van der Waals surface area (Å²) in [6, 6.07) is 14.2. The van der Waals surface area contributed by atoms with Gasteiger partial charge in [-0.05, 0) is 35.4 Å². The van der Waals surface area contributed by atoms with Gasteiger partial charge in [0.1, 0.15) is 18.2 Å². The summed E-state index contributed by atoms with van der Waals surface area (Å²) in [6.45, 7) is 0.0508. The van der Waals surface area contributed by atoms with E-state index in [1.54, 1.807) is 35.2 Å². The van der Waals surface area contributed by atoms with E-state index in [4.69, 9.17) is 14.2 Å². The van der Waals surface area contributed by atoms with Gasteiger partial charge < -0.3 is 24.2 Å². The second kappa shape index (κ2) is 7.92. The number of methoxy groups -OCH3 is 2. The Morgan fingerprint density at radius 3 is 2.37 bits per heavy atom. The number of rotatable bonds is 4. The molecule has 27 heavy (non-hydrogen) atoms. The molecular formula is C20H19NO6. The van der Waals surface area contributed by atoms with Crippen LogP contribution in [0.15, 0.2) is 59.8 Å². The maximum atomic E-state index is 12.4. The summed E-state index contributed by atoms with van der Waals surface area (Å²) < 4.78 is 15.1. The van der Waals surface area contributed by atoms with Gasteiger partial charge in [-0.1, -0.05) is 24.3 Å². The zero-order chi connectivity index (χ0) is 19.4. The van der Waals surface area contributed by atoms with Crippen LogP contribution in [-0.2, 0) is 23.8 Å². The number of hydrogen-bond donors (Lipinski definition) is 1. The molecule has 0 saturated carbocycles. The lowest BCUT2D eigenvalue weighted by molar-refractivity contribution is -0.140. The summed E-state index contributed by atoms with van der Waals surface area (Å²) in [5.41, 5.74) is 2.62. The van der Waals surface area contributed by atoms with Gasteiger partial charge in [0.25, 0.3) is 0 Å². The minimum absolute atomic E-state index is 0.0364. The molecule has 0 atom stereocenters. The third-order valence-electron chi connectivity index (χ3n) is 4.19. The van der Waals surface area contributed by atoms with Gasteiger partial charge in [-0.3, -0.25) is 0 Å². The van der Waals surface area contributed by atoms with Crippen molar-refractivity contribution >= 4 is 17.6 Å². The lowest BCUT2D eigenvalue weighted by atomic mass is 10.0. The van der Waals surface area contributed by atoms with E-state index in [0.717, 1.165) is 11.1 Å². The highest BCUT2D eigenvalue weighted by atomic mass is 16.5. The van der Waals surface area contributed by atoms with Crippen molar-refractivity contribution in [3.8, 4) is 16.9 Å². The van der Waals surface area contributed by atoms with Crippen LogP contribution in [0.1, 0.15) is 0 Å². The third-order valence-corrected chi connectivity index (χ3v) is 4.19. The van der Waals surface area contributed by atoms with Crippen molar-refractivity contribution in [1.82, 2.24) is 0 Å². The topological polar surface area (TPSA) is 85.3 Å². The molecule has 0 aliphatic carbocycles. The lowest BCUT2D eigenvalue weighted by Gasteiger charge is -2.31. The van der Waals surface area contributed by atoms with Crippen LogP contribution in [-0.4, -0.2) is 44.6 Å². The van der Waals surface area contributed by atoms with Crippen molar-refractivity contribution < 1.29 is 28.9 Å². The highest BCUT2D eigenvalue weighted by Gasteiger charge is 2.32. The van der Waals surface area contributed by atoms with Gasteiger partial charge in [-0.2, -0.15) is 0 Å². The average Bonchev–Trinajstić information content (AvgIpc) is 2.72. The predicted octanol–water partition coefficient (Wildman–Crippen LogP) is 2.45. The third kappa shape index (κ3) is 3.78. The number of carbonyl (C=O) groups is 2. The van der Waals surface area contributed by atoms with E-state index in [9.17, 15) is 14.7 Å². The number of anilines is 1. The summed E-state index contributed by atoms with van der Waals surface area (Å²) in [6.07, 6.45) is 0. The Bertz CT molecular complexity index is 888. The molecule has 1 aliphatic rings. The maximum absolute atomic E-state index is 12.4. The van der Waals surface area contributed by atoms with Crippen molar-refractivity contribution in [2.75, 3.05) is 32.5 Å². The molecule has 0 radical (unpaired) electrons. The van der Waals surface area contributed by atoms with Crippen LogP contribution in [0, 0.1) is 0 Å². The summed E-state index contributed by atoms with van der Waals surface area (Å²) in [5.74, 6) is -1.11. The number of esters is 2. The first-order valence-corrected chi connectivity index (χ1v) is 8.19. The molecule has 2 aromatic rings. The fraction of sp³-hybridized carbons (Fsp3) is 0.200. The van der Waals surface area contributed by atoms with Crippen LogP contribution in [0.5, 0.6) is 5.75 Å². The fourth-order valence-corrected chi connectivity index (χ4v) is 2.85. The van der Waals surface area contributed by atoms with Crippen LogP contribution in [0.2, 0.25) is 0 Å². The molecule has 0 amide bonds. The summed E-state index contributed by atoms with van der Waals surface area (Å²) >= 11 is 0. The highest BCUT2D eigenvalue weighted by molar-refractivity contribution is 6.03. The van der Waals surface area contributed by atoms with Gasteiger partial charge in [-0.15, -0.1) is 0 Å². The summed E-state index contributed by atoms with van der Waals surface area (Å²) in [4.78, 5) is 26.0. The van der Waals surface area contributed by atoms with Crippen molar-refractivity contribution in [2.24, 2.45) is 0 Å². The molecule has 7 nitrogen and oxygen atoms in total. The van der Waals surface area contributed by atoms with Crippen molar-refractivity contribution in [3.05, 3.63) is 59.8 Å². The molecule has 0 spiro atoms. The molecule has 3 rings (SSSR count). The van der Waals surface area contributed by atoms with Gasteiger partial charge in [0.2, 0.25) is 0 Å². The molecule has 0 aromatic heterocycles. The first-order valence-electron chi connectivity index (χ1n) is 8.19. The van der Waals surface area contributed by atoms with Gasteiger partial charge in [0.15, 0.2) is 0 Å². The molecule has 1 heterocycles. The Morgan fingerprint density at radius 2 is 1.70 bits per heavy atom. The Hall–Kier alpha value is -3.32. The summed E-state index contributed by atoms with van der Waals surface area (Å²) in [5, 5.41) is 9.46. The molecule has 140 valence electrons. The van der Waals surface area contributed by atoms with E-state index in [2.05, 4.69) is 0 Å². The molecular weight excluding hydrogens is 350 g/mol. The summed E-state index contributed by atoms with van der Waals surface area (Å²) in [7, 11) is 2.50. The lowest BCUT2D eigenvalue weighted by Crippen LogP contribution is -2.38. The largest absolute Gasteiger partial charge is 0.508 e. The Labute approximate surface area is 156 Å². The van der Waals surface area contributed by atoms with E-state index in [0.29, 0.717) is 5.69 Å². The van der Waals surface area contributed by atoms with E-state index in [-0.39, 0.29) is 30.4 Å². The predicted molar refractivity (Wildman–Crippen MR) is 97.9 cm³/mol. The van der Waals surface area contributed by atoms with Crippen LogP contribution < -0.4 is 4.90 Å². The quantitative estimate of drug-likeness (QED) is 0.829. The Kier molecular flexibility index (Phi) is 5.42. The molecule has 2 aromatic carbocycles.